The molecule has 0 aliphatic rings. The zero-order valence-corrected chi connectivity index (χ0v) is 16.0. The summed E-state index contributed by atoms with van der Waals surface area (Å²) in [5, 5.41) is -0.682. The maximum absolute atomic E-state index is 13.1. The second-order valence-corrected chi connectivity index (χ2v) is 8.65. The molecule has 2 aromatic rings. The van der Waals surface area contributed by atoms with Crippen LogP contribution < -0.4 is 0 Å². The largest absolute Gasteiger partial charge is 0.301 e. The standard InChI is InChI=1S/C20H26N2O2S/c1-21(2)19(16-15-17-11-7-5-8-12-17)20(25(23,24)22(3)4)18-13-9-6-10-14-18/h5-16,19-20H,1-4H3. The fourth-order valence-corrected chi connectivity index (χ4v) is 4.37. The van der Waals surface area contributed by atoms with Gasteiger partial charge < -0.3 is 4.90 Å². The van der Waals surface area contributed by atoms with Crippen molar-refractivity contribution in [2.24, 2.45) is 0 Å². The van der Waals surface area contributed by atoms with Gasteiger partial charge in [0.2, 0.25) is 10.0 Å². The summed E-state index contributed by atoms with van der Waals surface area (Å²) in [5.74, 6) is 0. The van der Waals surface area contributed by atoms with Crippen LogP contribution in [-0.2, 0) is 10.0 Å². The summed E-state index contributed by atoms with van der Waals surface area (Å²) in [6.07, 6.45) is 3.94. The highest BCUT2D eigenvalue weighted by Gasteiger charge is 2.36. The molecule has 0 spiro atoms. The minimum Gasteiger partial charge on any atom is -0.301 e. The first kappa shape index (κ1) is 19.4. The van der Waals surface area contributed by atoms with Crippen LogP contribution in [0.1, 0.15) is 16.4 Å². The van der Waals surface area contributed by atoms with E-state index in [4.69, 9.17) is 0 Å². The normalized spacial score (nSPS) is 15.0. The molecule has 0 amide bonds. The average molecular weight is 359 g/mol. The van der Waals surface area contributed by atoms with Crippen LogP contribution in [0.15, 0.2) is 66.7 Å². The first-order valence-electron chi connectivity index (χ1n) is 8.20. The van der Waals surface area contributed by atoms with E-state index in [1.54, 1.807) is 14.1 Å². The van der Waals surface area contributed by atoms with Gasteiger partial charge in [-0.1, -0.05) is 72.8 Å². The van der Waals surface area contributed by atoms with Crippen molar-refractivity contribution in [1.29, 1.82) is 0 Å². The molecule has 0 saturated heterocycles. The van der Waals surface area contributed by atoms with E-state index in [1.807, 2.05) is 91.8 Å². The van der Waals surface area contributed by atoms with Gasteiger partial charge in [-0.25, -0.2) is 12.7 Å². The third kappa shape index (κ3) is 4.78. The van der Waals surface area contributed by atoms with Crippen molar-refractivity contribution in [1.82, 2.24) is 9.21 Å². The molecule has 0 radical (unpaired) electrons. The van der Waals surface area contributed by atoms with E-state index >= 15 is 0 Å². The molecule has 0 saturated carbocycles. The Hall–Kier alpha value is -1.95. The van der Waals surface area contributed by atoms with Crippen molar-refractivity contribution in [3.05, 3.63) is 77.9 Å². The van der Waals surface area contributed by atoms with Crippen molar-refractivity contribution in [3.8, 4) is 0 Å². The Balaban J connectivity index is 2.50. The molecule has 0 heterocycles. The Morgan fingerprint density at radius 1 is 0.840 bits per heavy atom. The van der Waals surface area contributed by atoms with Gasteiger partial charge in [-0.05, 0) is 25.2 Å². The van der Waals surface area contributed by atoms with Crippen LogP contribution in [0.4, 0.5) is 0 Å². The molecular formula is C20H26N2O2S. The Morgan fingerprint density at radius 3 is 1.84 bits per heavy atom. The van der Waals surface area contributed by atoms with Gasteiger partial charge in [-0.15, -0.1) is 0 Å². The third-order valence-corrected chi connectivity index (χ3v) is 6.36. The van der Waals surface area contributed by atoms with Gasteiger partial charge in [-0.3, -0.25) is 0 Å². The molecule has 0 bridgehead atoms. The molecular weight excluding hydrogens is 332 g/mol. The zero-order chi connectivity index (χ0) is 18.4. The van der Waals surface area contributed by atoms with Gasteiger partial charge >= 0.3 is 0 Å². The number of nitrogens with zero attached hydrogens (tertiary/aromatic N) is 2. The summed E-state index contributed by atoms with van der Waals surface area (Å²) in [6, 6.07) is 19.0. The molecule has 25 heavy (non-hydrogen) atoms. The molecule has 2 rings (SSSR count). The molecule has 0 aromatic heterocycles. The minimum atomic E-state index is -3.50. The van der Waals surface area contributed by atoms with E-state index < -0.39 is 15.3 Å². The molecule has 5 heteroatoms. The quantitative estimate of drug-likeness (QED) is 0.763. The van der Waals surface area contributed by atoms with Gasteiger partial charge in [-0.2, -0.15) is 0 Å². The third-order valence-electron chi connectivity index (χ3n) is 4.15. The molecule has 0 fully saturated rings. The summed E-state index contributed by atoms with van der Waals surface area (Å²) >= 11 is 0. The van der Waals surface area contributed by atoms with Gasteiger partial charge in [0, 0.05) is 20.1 Å². The topological polar surface area (TPSA) is 40.6 Å². The Morgan fingerprint density at radius 2 is 1.36 bits per heavy atom. The molecule has 0 N–H and O–H groups in total. The molecule has 0 aliphatic heterocycles. The van der Waals surface area contributed by atoms with Crippen molar-refractivity contribution in [2.45, 2.75) is 11.3 Å². The van der Waals surface area contributed by atoms with Crippen molar-refractivity contribution in [3.63, 3.8) is 0 Å². The van der Waals surface area contributed by atoms with E-state index in [9.17, 15) is 8.42 Å². The highest BCUT2D eigenvalue weighted by atomic mass is 32.2. The molecule has 2 atom stereocenters. The smallest absolute Gasteiger partial charge is 0.222 e. The molecule has 4 nitrogen and oxygen atoms in total. The fourth-order valence-electron chi connectivity index (χ4n) is 2.73. The Labute approximate surface area is 151 Å². The number of benzene rings is 2. The van der Waals surface area contributed by atoms with E-state index in [1.165, 1.54) is 4.31 Å². The van der Waals surface area contributed by atoms with Gasteiger partial charge in [0.15, 0.2) is 0 Å². The molecule has 2 unspecified atom stereocenters. The second kappa shape index (κ2) is 8.43. The van der Waals surface area contributed by atoms with E-state index in [2.05, 4.69) is 0 Å². The first-order chi connectivity index (χ1) is 11.8. The minimum absolute atomic E-state index is 0.296. The van der Waals surface area contributed by atoms with Gasteiger partial charge in [0.1, 0.15) is 5.25 Å². The summed E-state index contributed by atoms with van der Waals surface area (Å²) < 4.78 is 27.4. The predicted octanol–water partition coefficient (Wildman–Crippen LogP) is 3.26. The number of rotatable bonds is 7. The van der Waals surface area contributed by atoms with Crippen molar-refractivity contribution in [2.75, 3.05) is 28.2 Å². The lowest BCUT2D eigenvalue weighted by Gasteiger charge is -2.32. The van der Waals surface area contributed by atoms with Crippen LogP contribution in [0.3, 0.4) is 0 Å². The van der Waals surface area contributed by atoms with E-state index in [0.29, 0.717) is 0 Å². The van der Waals surface area contributed by atoms with Crippen LogP contribution >= 0.6 is 0 Å². The maximum atomic E-state index is 13.1. The van der Waals surface area contributed by atoms with Crippen molar-refractivity contribution >= 4 is 16.1 Å². The fraction of sp³-hybridized carbons (Fsp3) is 0.300. The molecule has 2 aromatic carbocycles. The highest BCUT2D eigenvalue weighted by molar-refractivity contribution is 7.89. The lowest BCUT2D eigenvalue weighted by Crippen LogP contribution is -2.41. The predicted molar refractivity (Wildman–Crippen MR) is 105 cm³/mol. The van der Waals surface area contributed by atoms with Crippen LogP contribution in [0, 0.1) is 0 Å². The average Bonchev–Trinajstić information content (AvgIpc) is 2.59. The number of sulfonamides is 1. The Kier molecular flexibility index (Phi) is 6.53. The summed E-state index contributed by atoms with van der Waals surface area (Å²) in [5.41, 5.74) is 1.83. The zero-order valence-electron chi connectivity index (χ0n) is 15.2. The van der Waals surface area contributed by atoms with Crippen LogP contribution in [0.25, 0.3) is 6.08 Å². The number of hydrogen-bond donors (Lipinski definition) is 0. The number of likely N-dealkylation sites (N-methyl/N-ethyl adjacent to an activating group) is 1. The SMILES string of the molecule is CN(C)C(C=Cc1ccccc1)C(c1ccccc1)S(=O)(=O)N(C)C. The lowest BCUT2D eigenvalue weighted by molar-refractivity contribution is 0.326. The first-order valence-corrected chi connectivity index (χ1v) is 9.70. The highest BCUT2D eigenvalue weighted by Crippen LogP contribution is 2.31. The van der Waals surface area contributed by atoms with Crippen LogP contribution in [-0.4, -0.2) is 51.9 Å². The number of hydrogen-bond acceptors (Lipinski definition) is 3. The van der Waals surface area contributed by atoms with E-state index in [0.717, 1.165) is 11.1 Å². The van der Waals surface area contributed by atoms with Crippen LogP contribution in [0.2, 0.25) is 0 Å². The second-order valence-electron chi connectivity index (χ2n) is 6.38. The summed E-state index contributed by atoms with van der Waals surface area (Å²) in [6.45, 7) is 0. The summed E-state index contributed by atoms with van der Waals surface area (Å²) in [7, 11) is 3.47. The molecule has 134 valence electrons. The monoisotopic (exact) mass is 358 g/mol. The maximum Gasteiger partial charge on any atom is 0.222 e. The summed E-state index contributed by atoms with van der Waals surface area (Å²) in [4.78, 5) is 1.94. The van der Waals surface area contributed by atoms with Crippen LogP contribution in [0.5, 0.6) is 0 Å². The molecule has 0 aliphatic carbocycles. The van der Waals surface area contributed by atoms with Crippen molar-refractivity contribution < 1.29 is 8.42 Å². The Bertz CT molecular complexity index is 785. The van der Waals surface area contributed by atoms with Gasteiger partial charge in [0.25, 0.3) is 0 Å². The van der Waals surface area contributed by atoms with Gasteiger partial charge in [0.05, 0.1) is 0 Å². The lowest BCUT2D eigenvalue weighted by atomic mass is 10.0. The van der Waals surface area contributed by atoms with E-state index in [-0.39, 0.29) is 6.04 Å².